The number of rotatable bonds is 6. The zero-order chi connectivity index (χ0) is 13.7. The SMILES string of the molecule is O=C(O)CCNCC(O)c1ccc2c(c1)OCCO2. The second-order valence-corrected chi connectivity index (χ2v) is 4.27. The maximum Gasteiger partial charge on any atom is 0.304 e. The lowest BCUT2D eigenvalue weighted by Crippen LogP contribution is -2.24. The molecule has 0 fully saturated rings. The van der Waals surface area contributed by atoms with Crippen LogP contribution in [-0.4, -0.2) is 42.5 Å². The van der Waals surface area contributed by atoms with Crippen molar-refractivity contribution >= 4 is 5.97 Å². The van der Waals surface area contributed by atoms with Crippen molar-refractivity contribution in [2.45, 2.75) is 12.5 Å². The molecule has 1 aliphatic rings. The average molecular weight is 267 g/mol. The molecule has 1 unspecified atom stereocenters. The number of fused-ring (bicyclic) bond motifs is 1. The second kappa shape index (κ2) is 6.40. The maximum atomic E-state index is 10.3. The molecular formula is C13H17NO5. The summed E-state index contributed by atoms with van der Waals surface area (Å²) in [5.74, 6) is 0.454. The third-order valence-corrected chi connectivity index (χ3v) is 2.80. The van der Waals surface area contributed by atoms with Gasteiger partial charge in [-0.2, -0.15) is 0 Å². The summed E-state index contributed by atoms with van der Waals surface area (Å²) in [6.45, 7) is 1.67. The van der Waals surface area contributed by atoms with Gasteiger partial charge in [-0.05, 0) is 17.7 Å². The molecule has 1 atom stereocenters. The highest BCUT2D eigenvalue weighted by atomic mass is 16.6. The molecule has 1 aromatic rings. The lowest BCUT2D eigenvalue weighted by atomic mass is 10.1. The Morgan fingerprint density at radius 3 is 2.79 bits per heavy atom. The molecule has 0 aromatic heterocycles. The van der Waals surface area contributed by atoms with Crippen LogP contribution in [0.25, 0.3) is 0 Å². The Balaban J connectivity index is 1.88. The first-order chi connectivity index (χ1) is 9.16. The number of hydrogen-bond acceptors (Lipinski definition) is 5. The van der Waals surface area contributed by atoms with Crippen molar-refractivity contribution in [3.8, 4) is 11.5 Å². The average Bonchev–Trinajstić information content (AvgIpc) is 2.42. The van der Waals surface area contributed by atoms with Crippen molar-refractivity contribution in [3.63, 3.8) is 0 Å². The number of carbonyl (C=O) groups is 1. The first-order valence-electron chi connectivity index (χ1n) is 6.17. The number of aliphatic carboxylic acids is 1. The van der Waals surface area contributed by atoms with Crippen molar-refractivity contribution in [1.29, 1.82) is 0 Å². The van der Waals surface area contributed by atoms with Gasteiger partial charge >= 0.3 is 5.97 Å². The Labute approximate surface area is 111 Å². The Morgan fingerprint density at radius 1 is 1.32 bits per heavy atom. The summed E-state index contributed by atoms with van der Waals surface area (Å²) in [6, 6.07) is 5.29. The van der Waals surface area contributed by atoms with Gasteiger partial charge in [-0.1, -0.05) is 6.07 Å². The molecule has 6 nitrogen and oxygen atoms in total. The van der Waals surface area contributed by atoms with E-state index >= 15 is 0 Å². The Bertz CT molecular complexity index is 449. The van der Waals surface area contributed by atoms with Crippen LogP contribution in [-0.2, 0) is 4.79 Å². The van der Waals surface area contributed by atoms with E-state index in [1.165, 1.54) is 0 Å². The molecule has 1 aliphatic heterocycles. The smallest absolute Gasteiger partial charge is 0.304 e. The summed E-state index contributed by atoms with van der Waals surface area (Å²) in [7, 11) is 0. The van der Waals surface area contributed by atoms with Crippen LogP contribution in [0.4, 0.5) is 0 Å². The molecule has 0 amide bonds. The molecule has 0 saturated carbocycles. The fourth-order valence-electron chi connectivity index (χ4n) is 1.82. The molecule has 0 bridgehead atoms. The van der Waals surface area contributed by atoms with Crippen LogP contribution in [0.2, 0.25) is 0 Å². The maximum absolute atomic E-state index is 10.3. The first-order valence-corrected chi connectivity index (χ1v) is 6.17. The van der Waals surface area contributed by atoms with Crippen LogP contribution in [0.5, 0.6) is 11.5 Å². The van der Waals surface area contributed by atoms with Gasteiger partial charge < -0.3 is 25.0 Å². The highest BCUT2D eigenvalue weighted by molar-refractivity contribution is 5.66. The molecule has 1 heterocycles. The number of aliphatic hydroxyl groups excluding tert-OH is 1. The van der Waals surface area contributed by atoms with Gasteiger partial charge in [0.05, 0.1) is 12.5 Å². The lowest BCUT2D eigenvalue weighted by molar-refractivity contribution is -0.136. The summed E-state index contributed by atoms with van der Waals surface area (Å²) in [6.07, 6.45) is -0.668. The van der Waals surface area contributed by atoms with E-state index in [0.717, 1.165) is 0 Å². The minimum absolute atomic E-state index is 0.0356. The van der Waals surface area contributed by atoms with Crippen molar-refractivity contribution in [2.24, 2.45) is 0 Å². The first kappa shape index (κ1) is 13.6. The van der Waals surface area contributed by atoms with E-state index in [4.69, 9.17) is 14.6 Å². The molecule has 3 N–H and O–H groups in total. The predicted molar refractivity (Wildman–Crippen MR) is 67.5 cm³/mol. The third kappa shape index (κ3) is 3.84. The van der Waals surface area contributed by atoms with Crippen LogP contribution in [0.1, 0.15) is 18.1 Å². The summed E-state index contributed by atoms with van der Waals surface area (Å²) < 4.78 is 10.8. The summed E-state index contributed by atoms with van der Waals surface area (Å²) in [4.78, 5) is 10.3. The third-order valence-electron chi connectivity index (χ3n) is 2.80. The number of benzene rings is 1. The fourth-order valence-corrected chi connectivity index (χ4v) is 1.82. The van der Waals surface area contributed by atoms with Crippen molar-refractivity contribution in [3.05, 3.63) is 23.8 Å². The van der Waals surface area contributed by atoms with Crippen LogP contribution in [0.15, 0.2) is 18.2 Å². The summed E-state index contributed by atoms with van der Waals surface area (Å²) in [5, 5.41) is 21.4. The highest BCUT2D eigenvalue weighted by Crippen LogP contribution is 2.32. The van der Waals surface area contributed by atoms with E-state index in [-0.39, 0.29) is 6.42 Å². The Kier molecular flexibility index (Phi) is 4.59. The predicted octanol–water partition coefficient (Wildman–Crippen LogP) is 0.555. The van der Waals surface area contributed by atoms with Crippen molar-refractivity contribution in [2.75, 3.05) is 26.3 Å². The molecule has 0 spiro atoms. The molecule has 19 heavy (non-hydrogen) atoms. The Morgan fingerprint density at radius 2 is 2.05 bits per heavy atom. The highest BCUT2D eigenvalue weighted by Gasteiger charge is 2.15. The van der Waals surface area contributed by atoms with Crippen molar-refractivity contribution in [1.82, 2.24) is 5.32 Å². The number of hydrogen-bond donors (Lipinski definition) is 3. The van der Waals surface area contributed by atoms with Crippen LogP contribution < -0.4 is 14.8 Å². The molecular weight excluding hydrogens is 250 g/mol. The Hall–Kier alpha value is -1.79. The van der Waals surface area contributed by atoms with Gasteiger partial charge in [-0.25, -0.2) is 0 Å². The second-order valence-electron chi connectivity index (χ2n) is 4.27. The van der Waals surface area contributed by atoms with Gasteiger partial charge in [0.25, 0.3) is 0 Å². The normalized spacial score (nSPS) is 15.0. The van der Waals surface area contributed by atoms with Gasteiger partial charge in [-0.3, -0.25) is 4.79 Å². The lowest BCUT2D eigenvalue weighted by Gasteiger charge is -2.20. The van der Waals surface area contributed by atoms with Crippen LogP contribution >= 0.6 is 0 Å². The zero-order valence-electron chi connectivity index (χ0n) is 10.5. The fraction of sp³-hybridized carbons (Fsp3) is 0.462. The number of aliphatic hydroxyl groups is 1. The standard InChI is InChI=1S/C13H17NO5/c15-10(8-14-4-3-13(16)17)9-1-2-11-12(7-9)19-6-5-18-11/h1-2,7,10,14-15H,3-6,8H2,(H,16,17). The number of ether oxygens (including phenoxy) is 2. The van der Waals surface area contributed by atoms with Gasteiger partial charge in [0, 0.05) is 13.1 Å². The van der Waals surface area contributed by atoms with E-state index in [9.17, 15) is 9.90 Å². The van der Waals surface area contributed by atoms with Gasteiger partial charge in [0.1, 0.15) is 13.2 Å². The van der Waals surface area contributed by atoms with E-state index in [1.54, 1.807) is 18.2 Å². The van der Waals surface area contributed by atoms with E-state index in [1.807, 2.05) is 0 Å². The minimum atomic E-state index is -0.860. The molecule has 0 radical (unpaired) electrons. The molecule has 0 saturated heterocycles. The number of nitrogens with one attached hydrogen (secondary N) is 1. The van der Waals surface area contributed by atoms with Gasteiger partial charge in [-0.15, -0.1) is 0 Å². The van der Waals surface area contributed by atoms with E-state index < -0.39 is 12.1 Å². The molecule has 0 aliphatic carbocycles. The summed E-state index contributed by atoms with van der Waals surface area (Å²) in [5.41, 5.74) is 0.715. The van der Waals surface area contributed by atoms with Crippen LogP contribution in [0, 0.1) is 0 Å². The molecule has 6 heteroatoms. The number of carboxylic acid groups (broad SMARTS) is 1. The summed E-state index contributed by atoms with van der Waals surface area (Å²) >= 11 is 0. The topological polar surface area (TPSA) is 88.0 Å². The van der Waals surface area contributed by atoms with Crippen molar-refractivity contribution < 1.29 is 24.5 Å². The van der Waals surface area contributed by atoms with Gasteiger partial charge in [0.2, 0.25) is 0 Å². The zero-order valence-corrected chi connectivity index (χ0v) is 10.5. The monoisotopic (exact) mass is 267 g/mol. The minimum Gasteiger partial charge on any atom is -0.486 e. The molecule has 1 aromatic carbocycles. The molecule has 2 rings (SSSR count). The van der Waals surface area contributed by atoms with E-state index in [2.05, 4.69) is 5.32 Å². The largest absolute Gasteiger partial charge is 0.486 e. The molecule has 104 valence electrons. The van der Waals surface area contributed by atoms with Gasteiger partial charge in [0.15, 0.2) is 11.5 Å². The number of carboxylic acids is 1. The van der Waals surface area contributed by atoms with E-state index in [0.29, 0.717) is 43.4 Å². The quantitative estimate of drug-likeness (QED) is 0.653. The van der Waals surface area contributed by atoms with Crippen LogP contribution in [0.3, 0.4) is 0 Å².